The molecule has 0 saturated carbocycles. The molecule has 0 spiro atoms. The average Bonchev–Trinajstić information content (AvgIpc) is 2.36. The summed E-state index contributed by atoms with van der Waals surface area (Å²) in [4.78, 5) is 15.2. The monoisotopic (exact) mass is 281 g/mol. The second-order valence-electron chi connectivity index (χ2n) is 5.51. The number of aliphatic hydroxyl groups is 1. The molecule has 1 aromatic rings. The van der Waals surface area contributed by atoms with E-state index in [1.54, 1.807) is 27.7 Å². The van der Waals surface area contributed by atoms with Crippen molar-refractivity contribution in [3.63, 3.8) is 0 Å². The summed E-state index contributed by atoms with van der Waals surface area (Å²) in [5.41, 5.74) is -1.70. The van der Waals surface area contributed by atoms with E-state index < -0.39 is 24.3 Å². The van der Waals surface area contributed by atoms with Crippen LogP contribution in [-0.4, -0.2) is 46.5 Å². The van der Waals surface area contributed by atoms with E-state index in [1.807, 2.05) is 0 Å². The first-order valence-electron chi connectivity index (χ1n) is 6.21. The van der Waals surface area contributed by atoms with Gasteiger partial charge in [0.05, 0.1) is 18.3 Å². The Hall–Kier alpha value is -1.44. The van der Waals surface area contributed by atoms with Gasteiger partial charge < -0.3 is 19.5 Å². The van der Waals surface area contributed by atoms with E-state index in [2.05, 4.69) is 9.72 Å². The summed E-state index contributed by atoms with van der Waals surface area (Å²) in [6, 6.07) is 2.91. The Labute approximate surface area is 118 Å². The molecule has 1 aromatic heterocycles. The van der Waals surface area contributed by atoms with Gasteiger partial charge in [-0.05, 0) is 45.3 Å². The van der Waals surface area contributed by atoms with Crippen LogP contribution in [-0.2, 0) is 9.39 Å². The minimum Gasteiger partial charge on any atom is -0.464 e. The van der Waals surface area contributed by atoms with E-state index in [4.69, 9.17) is 4.65 Å². The van der Waals surface area contributed by atoms with Crippen LogP contribution in [0.25, 0.3) is 0 Å². The van der Waals surface area contributed by atoms with Gasteiger partial charge in [-0.2, -0.15) is 0 Å². The molecule has 0 amide bonds. The average molecular weight is 281 g/mol. The van der Waals surface area contributed by atoms with Crippen LogP contribution in [0, 0.1) is 0 Å². The van der Waals surface area contributed by atoms with E-state index in [0.29, 0.717) is 5.46 Å². The third-order valence-corrected chi connectivity index (χ3v) is 3.34. The molecule has 0 aromatic carbocycles. The number of carbonyl (C=O) groups excluding carboxylic acids is 1. The standard InChI is InChI=1S/C13H20BNO5/c1-12(2,17)13(3,4)20-14(18)9-6-7-15-10(8-9)11(16)19-5/h6-8,17-18H,1-5H3. The SMILES string of the molecule is COC(=O)c1cc(B(O)OC(C)(C)C(C)(C)O)ccn1. The second kappa shape index (κ2) is 5.91. The van der Waals surface area contributed by atoms with Gasteiger partial charge in [-0.15, -0.1) is 0 Å². The molecule has 1 heterocycles. The molecule has 0 aliphatic rings. The Morgan fingerprint density at radius 2 is 1.95 bits per heavy atom. The van der Waals surface area contributed by atoms with Gasteiger partial charge in [0.25, 0.3) is 0 Å². The van der Waals surface area contributed by atoms with E-state index in [0.717, 1.165) is 0 Å². The Morgan fingerprint density at radius 3 is 2.45 bits per heavy atom. The van der Waals surface area contributed by atoms with E-state index >= 15 is 0 Å². The zero-order chi connectivity index (χ0) is 15.6. The number of aromatic nitrogens is 1. The van der Waals surface area contributed by atoms with E-state index in [9.17, 15) is 14.9 Å². The van der Waals surface area contributed by atoms with Crippen molar-refractivity contribution in [3.8, 4) is 0 Å². The largest absolute Gasteiger partial charge is 0.491 e. The van der Waals surface area contributed by atoms with Gasteiger partial charge in [-0.25, -0.2) is 9.78 Å². The van der Waals surface area contributed by atoms with Crippen molar-refractivity contribution >= 4 is 18.6 Å². The molecule has 0 unspecified atom stereocenters. The predicted octanol–water partition coefficient (Wildman–Crippen LogP) is 0.122. The van der Waals surface area contributed by atoms with Crippen LogP contribution in [0.3, 0.4) is 0 Å². The Morgan fingerprint density at radius 1 is 1.35 bits per heavy atom. The Balaban J connectivity index is 2.93. The lowest BCUT2D eigenvalue weighted by Crippen LogP contribution is -2.53. The first kappa shape index (κ1) is 16.6. The normalized spacial score (nSPS) is 12.2. The summed E-state index contributed by atoms with van der Waals surface area (Å²) in [5.74, 6) is -0.596. The molecule has 7 heteroatoms. The smallest absolute Gasteiger partial charge is 0.464 e. The van der Waals surface area contributed by atoms with Gasteiger partial charge in [0.2, 0.25) is 0 Å². The maximum Gasteiger partial charge on any atom is 0.491 e. The van der Waals surface area contributed by atoms with Crippen LogP contribution in [0.4, 0.5) is 0 Å². The van der Waals surface area contributed by atoms with E-state index in [1.165, 1.54) is 25.4 Å². The van der Waals surface area contributed by atoms with Gasteiger partial charge in [0, 0.05) is 6.20 Å². The minimum atomic E-state index is -1.29. The molecule has 2 N–H and O–H groups in total. The lowest BCUT2D eigenvalue weighted by atomic mass is 9.76. The van der Waals surface area contributed by atoms with E-state index in [-0.39, 0.29) is 5.69 Å². The zero-order valence-electron chi connectivity index (χ0n) is 12.4. The van der Waals surface area contributed by atoms with Crippen LogP contribution in [0.15, 0.2) is 18.3 Å². The summed E-state index contributed by atoms with van der Waals surface area (Å²) < 4.78 is 10.0. The highest BCUT2D eigenvalue weighted by Crippen LogP contribution is 2.25. The minimum absolute atomic E-state index is 0.0775. The van der Waals surface area contributed by atoms with Crippen LogP contribution in [0.5, 0.6) is 0 Å². The molecular weight excluding hydrogens is 261 g/mol. The predicted molar refractivity (Wildman–Crippen MR) is 74.6 cm³/mol. The number of rotatable bonds is 5. The molecule has 110 valence electrons. The molecular formula is C13H20BNO5. The van der Waals surface area contributed by atoms with Crippen LogP contribution in [0.2, 0.25) is 0 Å². The summed E-state index contributed by atoms with van der Waals surface area (Å²) >= 11 is 0. The highest BCUT2D eigenvalue weighted by atomic mass is 16.5. The molecule has 1 rings (SSSR count). The Bertz CT molecular complexity index is 484. The molecule has 0 radical (unpaired) electrons. The number of nitrogens with zero attached hydrogens (tertiary/aromatic N) is 1. The lowest BCUT2D eigenvalue weighted by Gasteiger charge is -2.38. The second-order valence-corrected chi connectivity index (χ2v) is 5.51. The van der Waals surface area contributed by atoms with Crippen LogP contribution < -0.4 is 5.46 Å². The summed E-state index contributed by atoms with van der Waals surface area (Å²) in [6.07, 6.45) is 1.38. The number of hydrogen-bond donors (Lipinski definition) is 2. The van der Waals surface area contributed by atoms with Crippen molar-refractivity contribution < 1.29 is 24.3 Å². The molecule has 20 heavy (non-hydrogen) atoms. The number of carbonyl (C=O) groups is 1. The fourth-order valence-electron chi connectivity index (χ4n) is 1.31. The highest BCUT2D eigenvalue weighted by Gasteiger charge is 2.39. The van der Waals surface area contributed by atoms with Gasteiger partial charge in [0.1, 0.15) is 5.69 Å². The fraction of sp³-hybridized carbons (Fsp3) is 0.538. The van der Waals surface area contributed by atoms with Crippen molar-refractivity contribution in [2.75, 3.05) is 7.11 Å². The van der Waals surface area contributed by atoms with Gasteiger partial charge in [0.15, 0.2) is 0 Å². The van der Waals surface area contributed by atoms with Gasteiger partial charge in [-0.3, -0.25) is 0 Å². The van der Waals surface area contributed by atoms with Crippen LogP contribution >= 0.6 is 0 Å². The highest BCUT2D eigenvalue weighted by molar-refractivity contribution is 6.60. The van der Waals surface area contributed by atoms with Crippen molar-refractivity contribution in [3.05, 3.63) is 24.0 Å². The quantitative estimate of drug-likeness (QED) is 0.588. The van der Waals surface area contributed by atoms with Crippen molar-refractivity contribution in [2.45, 2.75) is 38.9 Å². The number of ether oxygens (including phenoxy) is 1. The van der Waals surface area contributed by atoms with Crippen molar-refractivity contribution in [2.24, 2.45) is 0 Å². The summed E-state index contributed by atoms with van der Waals surface area (Å²) in [7, 11) is -0.0380. The molecule has 6 nitrogen and oxygen atoms in total. The third-order valence-electron chi connectivity index (χ3n) is 3.34. The first-order chi connectivity index (χ1) is 9.08. The molecule has 0 atom stereocenters. The molecule has 0 fully saturated rings. The zero-order valence-corrected chi connectivity index (χ0v) is 12.4. The first-order valence-corrected chi connectivity index (χ1v) is 6.21. The van der Waals surface area contributed by atoms with Gasteiger partial charge >= 0.3 is 13.1 Å². The number of methoxy groups -OCH3 is 1. The number of hydrogen-bond acceptors (Lipinski definition) is 6. The topological polar surface area (TPSA) is 88.9 Å². The van der Waals surface area contributed by atoms with Crippen molar-refractivity contribution in [1.82, 2.24) is 4.98 Å². The molecule has 0 saturated heterocycles. The van der Waals surface area contributed by atoms with Crippen molar-refractivity contribution in [1.29, 1.82) is 0 Å². The maximum atomic E-state index is 11.4. The lowest BCUT2D eigenvalue weighted by molar-refractivity contribution is -0.0982. The molecule has 0 aliphatic carbocycles. The summed E-state index contributed by atoms with van der Waals surface area (Å²) in [5, 5.41) is 20.1. The maximum absolute atomic E-state index is 11.4. The fourth-order valence-corrected chi connectivity index (χ4v) is 1.31. The van der Waals surface area contributed by atoms with Gasteiger partial charge in [-0.1, -0.05) is 0 Å². The Kier molecular flexibility index (Phi) is 4.91. The molecule has 0 bridgehead atoms. The molecule has 0 aliphatic heterocycles. The summed E-state index contributed by atoms with van der Waals surface area (Å²) in [6.45, 7) is 6.51. The van der Waals surface area contributed by atoms with Crippen LogP contribution in [0.1, 0.15) is 38.2 Å². The number of esters is 1. The number of pyridine rings is 1. The third kappa shape index (κ3) is 3.78.